The number of rotatable bonds is 4. The Labute approximate surface area is 180 Å². The number of benzene rings is 2. The van der Waals surface area contributed by atoms with Crippen molar-refractivity contribution in [3.05, 3.63) is 89.0 Å². The predicted octanol–water partition coefficient (Wildman–Crippen LogP) is 5.82. The molecule has 0 saturated carbocycles. The van der Waals surface area contributed by atoms with Crippen LogP contribution in [0.1, 0.15) is 22.4 Å². The molecule has 0 radical (unpaired) electrons. The smallest absolute Gasteiger partial charge is 0.153 e. The van der Waals surface area contributed by atoms with Crippen molar-refractivity contribution in [2.75, 3.05) is 17.7 Å². The summed E-state index contributed by atoms with van der Waals surface area (Å²) in [6, 6.07) is 17.7. The van der Waals surface area contributed by atoms with Crippen LogP contribution in [-0.2, 0) is 19.5 Å². The molecule has 152 valence electrons. The van der Waals surface area contributed by atoms with Crippen LogP contribution in [0.4, 0.5) is 10.2 Å². The Balaban J connectivity index is 1.64. The van der Waals surface area contributed by atoms with Crippen LogP contribution >= 0.6 is 11.8 Å². The molecule has 0 aliphatic carbocycles. The number of nitrogens with zero attached hydrogens (tertiary/aromatic N) is 3. The van der Waals surface area contributed by atoms with Crippen LogP contribution in [0.2, 0.25) is 0 Å². The first-order valence-corrected chi connectivity index (χ1v) is 11.5. The molecule has 0 amide bonds. The Morgan fingerprint density at radius 2 is 1.90 bits per heavy atom. The lowest BCUT2D eigenvalue weighted by atomic mass is 10.00. The molecule has 0 unspecified atom stereocenters. The Kier molecular flexibility index (Phi) is 4.99. The summed E-state index contributed by atoms with van der Waals surface area (Å²) in [5.41, 5.74) is 6.10. The van der Waals surface area contributed by atoms with E-state index in [0.717, 1.165) is 36.4 Å². The fourth-order valence-electron chi connectivity index (χ4n) is 4.56. The van der Waals surface area contributed by atoms with Crippen LogP contribution in [0.15, 0.2) is 65.7 Å². The molecule has 1 aliphatic heterocycles. The lowest BCUT2D eigenvalue weighted by molar-refractivity contribution is 0.623. The van der Waals surface area contributed by atoms with Crippen molar-refractivity contribution in [2.24, 2.45) is 0 Å². The normalized spacial score (nSPS) is 13.6. The molecular weight excluding hydrogens is 393 g/mol. The van der Waals surface area contributed by atoms with Gasteiger partial charge in [-0.25, -0.2) is 9.37 Å². The van der Waals surface area contributed by atoms with Gasteiger partial charge >= 0.3 is 0 Å². The molecular formula is C25H24FN3S. The van der Waals surface area contributed by atoms with Crippen LogP contribution < -0.4 is 4.90 Å². The number of fused-ring (bicyclic) bond motifs is 2. The molecule has 3 nitrogen and oxygen atoms in total. The minimum atomic E-state index is -0.197. The fraction of sp³-hybridized carbons (Fsp3) is 0.240. The van der Waals surface area contributed by atoms with Gasteiger partial charge in [0, 0.05) is 41.8 Å². The molecule has 1 aliphatic rings. The number of anilines is 1. The molecule has 0 atom stereocenters. The van der Waals surface area contributed by atoms with E-state index < -0.39 is 0 Å². The summed E-state index contributed by atoms with van der Waals surface area (Å²) in [7, 11) is 0. The second-order valence-corrected chi connectivity index (χ2v) is 8.62. The molecule has 3 heterocycles. The Morgan fingerprint density at radius 3 is 2.70 bits per heavy atom. The zero-order valence-electron chi connectivity index (χ0n) is 17.2. The highest BCUT2D eigenvalue weighted by molar-refractivity contribution is 7.98. The van der Waals surface area contributed by atoms with E-state index >= 15 is 0 Å². The summed E-state index contributed by atoms with van der Waals surface area (Å²) in [6.07, 6.45) is 5.06. The summed E-state index contributed by atoms with van der Waals surface area (Å²) in [5, 5.41) is 1.22. The van der Waals surface area contributed by atoms with Crippen LogP contribution in [-0.4, -0.2) is 22.4 Å². The third-order valence-electron chi connectivity index (χ3n) is 6.02. The number of thioether (sulfide) groups is 1. The molecule has 0 bridgehead atoms. The average Bonchev–Trinajstić information content (AvgIpc) is 3.04. The topological polar surface area (TPSA) is 21.1 Å². The summed E-state index contributed by atoms with van der Waals surface area (Å²) in [6.45, 7) is 4.59. The van der Waals surface area contributed by atoms with Gasteiger partial charge in [-0.1, -0.05) is 36.4 Å². The van der Waals surface area contributed by atoms with Crippen molar-refractivity contribution in [3.8, 4) is 0 Å². The maximum Gasteiger partial charge on any atom is 0.153 e. The van der Waals surface area contributed by atoms with Gasteiger partial charge in [-0.05, 0) is 54.5 Å². The molecule has 0 fully saturated rings. The number of hydrogen-bond donors (Lipinski definition) is 0. The first-order chi connectivity index (χ1) is 14.7. The maximum absolute atomic E-state index is 13.8. The molecule has 30 heavy (non-hydrogen) atoms. The minimum absolute atomic E-state index is 0.197. The van der Waals surface area contributed by atoms with Crippen molar-refractivity contribution in [3.63, 3.8) is 0 Å². The molecule has 5 rings (SSSR count). The third-order valence-corrected chi connectivity index (χ3v) is 6.94. The predicted molar refractivity (Wildman–Crippen MR) is 123 cm³/mol. The van der Waals surface area contributed by atoms with E-state index in [9.17, 15) is 4.39 Å². The number of aromatic nitrogens is 2. The van der Waals surface area contributed by atoms with E-state index in [2.05, 4.69) is 53.0 Å². The SMILES string of the molecule is CSc1c(C)n(Cc2cccc(F)c2)c2c(N3CCc4ccccc4C3)nccc12. The Bertz CT molecular complexity index is 1230. The largest absolute Gasteiger partial charge is 0.350 e. The average molecular weight is 418 g/mol. The highest BCUT2D eigenvalue weighted by atomic mass is 32.2. The second kappa shape index (κ2) is 7.80. The van der Waals surface area contributed by atoms with E-state index in [-0.39, 0.29) is 5.82 Å². The van der Waals surface area contributed by atoms with Crippen LogP contribution in [0.5, 0.6) is 0 Å². The van der Waals surface area contributed by atoms with Gasteiger partial charge in [0.05, 0.1) is 5.52 Å². The van der Waals surface area contributed by atoms with E-state index in [0.29, 0.717) is 6.54 Å². The van der Waals surface area contributed by atoms with Gasteiger partial charge in [0.15, 0.2) is 5.82 Å². The lowest BCUT2D eigenvalue weighted by Crippen LogP contribution is -2.31. The van der Waals surface area contributed by atoms with Crippen LogP contribution in [0.25, 0.3) is 10.9 Å². The van der Waals surface area contributed by atoms with Crippen molar-refractivity contribution in [2.45, 2.75) is 31.3 Å². The second-order valence-electron chi connectivity index (χ2n) is 7.81. The molecule has 4 aromatic rings. The molecule has 5 heteroatoms. The van der Waals surface area contributed by atoms with Crippen molar-refractivity contribution < 1.29 is 4.39 Å². The molecule has 0 N–H and O–H groups in total. The quantitative estimate of drug-likeness (QED) is 0.391. The zero-order valence-corrected chi connectivity index (χ0v) is 18.0. The first-order valence-electron chi connectivity index (χ1n) is 10.2. The number of pyridine rings is 1. The summed E-state index contributed by atoms with van der Waals surface area (Å²) in [4.78, 5) is 8.49. The standard InChI is InChI=1S/C25H24FN3S/c1-17-24(30-2)22-10-12-27-25(28-13-11-19-7-3-4-8-20(19)16-28)23(22)29(17)15-18-6-5-9-21(26)14-18/h3-10,12,14H,11,13,15-16H2,1-2H3. The zero-order chi connectivity index (χ0) is 20.7. The third kappa shape index (κ3) is 3.27. The van der Waals surface area contributed by atoms with Crippen LogP contribution in [0, 0.1) is 12.7 Å². The highest BCUT2D eigenvalue weighted by Crippen LogP contribution is 2.38. The summed E-state index contributed by atoms with van der Waals surface area (Å²) in [5.74, 6) is 0.819. The first kappa shape index (κ1) is 19.2. The van der Waals surface area contributed by atoms with Gasteiger partial charge < -0.3 is 9.47 Å². The molecule has 2 aromatic heterocycles. The summed E-state index contributed by atoms with van der Waals surface area (Å²) >= 11 is 1.76. The van der Waals surface area contributed by atoms with Gasteiger partial charge in [-0.15, -0.1) is 11.8 Å². The lowest BCUT2D eigenvalue weighted by Gasteiger charge is -2.30. The summed E-state index contributed by atoms with van der Waals surface area (Å²) < 4.78 is 16.1. The van der Waals surface area contributed by atoms with Crippen molar-refractivity contribution in [1.82, 2.24) is 9.55 Å². The van der Waals surface area contributed by atoms with E-state index in [4.69, 9.17) is 4.98 Å². The minimum Gasteiger partial charge on any atom is -0.350 e. The number of halogens is 1. The van der Waals surface area contributed by atoms with Crippen molar-refractivity contribution in [1.29, 1.82) is 0 Å². The highest BCUT2D eigenvalue weighted by Gasteiger charge is 2.23. The van der Waals surface area contributed by atoms with Gasteiger partial charge in [0.1, 0.15) is 5.82 Å². The Morgan fingerprint density at radius 1 is 1.07 bits per heavy atom. The Hall–Kier alpha value is -2.79. The fourth-order valence-corrected chi connectivity index (χ4v) is 5.35. The molecule has 0 saturated heterocycles. The van der Waals surface area contributed by atoms with Crippen molar-refractivity contribution >= 4 is 28.5 Å². The van der Waals surface area contributed by atoms with E-state index in [1.54, 1.807) is 23.9 Å². The molecule has 0 spiro atoms. The van der Waals surface area contributed by atoms with E-state index in [1.807, 2.05) is 12.3 Å². The van der Waals surface area contributed by atoms with E-state index in [1.165, 1.54) is 33.2 Å². The molecule has 2 aromatic carbocycles. The monoisotopic (exact) mass is 417 g/mol. The van der Waals surface area contributed by atoms with Gasteiger partial charge in [-0.2, -0.15) is 0 Å². The van der Waals surface area contributed by atoms with Gasteiger partial charge in [-0.3, -0.25) is 0 Å². The van der Waals surface area contributed by atoms with Gasteiger partial charge in [0.2, 0.25) is 0 Å². The van der Waals surface area contributed by atoms with Gasteiger partial charge in [0.25, 0.3) is 0 Å². The van der Waals surface area contributed by atoms with Crippen LogP contribution in [0.3, 0.4) is 0 Å². The number of hydrogen-bond acceptors (Lipinski definition) is 3. The maximum atomic E-state index is 13.8.